The van der Waals surface area contributed by atoms with E-state index in [2.05, 4.69) is 66.7 Å². The standard InChI is InChI=1S/C39H22ClN3O/c40-25-18-20-31-35(22-25)44-34-16-8-15-32(36(31)34)39-42-37(23-9-2-1-3-10-23)41-38(43-39)24-17-19-30-28-13-5-4-11-26(28)27-12-6-7-14-29(27)33(30)21-24/h1-22H. The summed E-state index contributed by atoms with van der Waals surface area (Å²) < 4.78 is 6.19. The van der Waals surface area contributed by atoms with Gasteiger partial charge in [-0.1, -0.05) is 115 Å². The Bertz CT molecular complexity index is 2540. The van der Waals surface area contributed by atoms with E-state index in [1.807, 2.05) is 66.7 Å². The summed E-state index contributed by atoms with van der Waals surface area (Å²) in [6, 6.07) is 45.5. The molecule has 0 atom stereocenters. The minimum absolute atomic E-state index is 0.584. The lowest BCUT2D eigenvalue weighted by molar-refractivity contribution is 0.669. The van der Waals surface area contributed by atoms with Crippen molar-refractivity contribution in [1.29, 1.82) is 0 Å². The lowest BCUT2D eigenvalue weighted by atomic mass is 9.93. The molecular weight excluding hydrogens is 562 g/mol. The highest BCUT2D eigenvalue weighted by Gasteiger charge is 2.18. The van der Waals surface area contributed by atoms with Crippen LogP contribution in [0.2, 0.25) is 5.02 Å². The predicted octanol–water partition coefficient (Wildman–Crippen LogP) is 10.9. The molecular formula is C39H22ClN3O. The van der Waals surface area contributed by atoms with Gasteiger partial charge in [0.25, 0.3) is 0 Å². The highest BCUT2D eigenvalue weighted by Crippen LogP contribution is 2.39. The summed E-state index contributed by atoms with van der Waals surface area (Å²) >= 11 is 6.30. The maximum absolute atomic E-state index is 6.30. The first-order valence-electron chi connectivity index (χ1n) is 14.5. The molecule has 5 heteroatoms. The minimum atomic E-state index is 0.584. The summed E-state index contributed by atoms with van der Waals surface area (Å²) in [6.45, 7) is 0. The Balaban J connectivity index is 1.33. The Morgan fingerprint density at radius 3 is 1.73 bits per heavy atom. The molecule has 0 unspecified atom stereocenters. The molecule has 9 aromatic rings. The topological polar surface area (TPSA) is 51.8 Å². The number of furan rings is 1. The van der Waals surface area contributed by atoms with Gasteiger partial charge in [0.1, 0.15) is 11.2 Å². The maximum atomic E-state index is 6.30. The molecule has 0 saturated carbocycles. The van der Waals surface area contributed by atoms with Gasteiger partial charge in [-0.05, 0) is 56.6 Å². The molecule has 0 spiro atoms. The molecule has 0 aliphatic carbocycles. The molecule has 0 amide bonds. The summed E-state index contributed by atoms with van der Waals surface area (Å²) in [5.74, 6) is 1.81. The van der Waals surface area contributed by atoms with Gasteiger partial charge in [0.2, 0.25) is 0 Å². The van der Waals surface area contributed by atoms with Gasteiger partial charge >= 0.3 is 0 Å². The lowest BCUT2D eigenvalue weighted by Gasteiger charge is -2.12. The molecule has 0 N–H and O–H groups in total. The third-order valence-electron chi connectivity index (χ3n) is 8.37. The zero-order chi connectivity index (χ0) is 29.2. The summed E-state index contributed by atoms with van der Waals surface area (Å²) in [6.07, 6.45) is 0. The summed E-state index contributed by atoms with van der Waals surface area (Å²) in [7, 11) is 0. The maximum Gasteiger partial charge on any atom is 0.164 e. The Kier molecular flexibility index (Phi) is 5.52. The minimum Gasteiger partial charge on any atom is -0.456 e. The molecule has 9 rings (SSSR count). The first kappa shape index (κ1) is 25.0. The van der Waals surface area contributed by atoms with Crippen LogP contribution in [0.5, 0.6) is 0 Å². The number of hydrogen-bond acceptors (Lipinski definition) is 4. The van der Waals surface area contributed by atoms with E-state index in [1.54, 1.807) is 0 Å². The second kappa shape index (κ2) is 9.73. The fraction of sp³-hybridized carbons (Fsp3) is 0. The zero-order valence-electron chi connectivity index (χ0n) is 23.3. The van der Waals surface area contributed by atoms with E-state index in [4.69, 9.17) is 31.0 Å². The van der Waals surface area contributed by atoms with E-state index in [1.165, 1.54) is 32.3 Å². The molecule has 206 valence electrons. The van der Waals surface area contributed by atoms with Gasteiger partial charge in [-0.25, -0.2) is 15.0 Å². The van der Waals surface area contributed by atoms with Crippen LogP contribution in [0.25, 0.3) is 88.4 Å². The first-order chi connectivity index (χ1) is 21.7. The third kappa shape index (κ3) is 3.89. The van der Waals surface area contributed by atoms with Gasteiger partial charge in [-0.3, -0.25) is 0 Å². The van der Waals surface area contributed by atoms with E-state index in [0.29, 0.717) is 22.5 Å². The number of aromatic nitrogens is 3. The summed E-state index contributed by atoms with van der Waals surface area (Å²) in [5, 5.41) is 9.82. The van der Waals surface area contributed by atoms with Crippen molar-refractivity contribution in [2.45, 2.75) is 0 Å². The van der Waals surface area contributed by atoms with Crippen molar-refractivity contribution >= 4 is 65.9 Å². The van der Waals surface area contributed by atoms with Gasteiger partial charge in [0.15, 0.2) is 17.5 Å². The van der Waals surface area contributed by atoms with Crippen LogP contribution in [0, 0.1) is 0 Å². The number of hydrogen-bond donors (Lipinski definition) is 0. The monoisotopic (exact) mass is 583 g/mol. The Morgan fingerprint density at radius 1 is 0.409 bits per heavy atom. The fourth-order valence-corrected chi connectivity index (χ4v) is 6.54. The van der Waals surface area contributed by atoms with Crippen molar-refractivity contribution in [3.63, 3.8) is 0 Å². The van der Waals surface area contributed by atoms with E-state index in [0.717, 1.165) is 38.6 Å². The second-order valence-corrected chi connectivity index (χ2v) is 11.4. The van der Waals surface area contributed by atoms with Gasteiger partial charge in [0.05, 0.1) is 0 Å². The highest BCUT2D eigenvalue weighted by molar-refractivity contribution is 6.31. The molecule has 44 heavy (non-hydrogen) atoms. The van der Waals surface area contributed by atoms with Crippen molar-refractivity contribution in [2.24, 2.45) is 0 Å². The van der Waals surface area contributed by atoms with Crippen molar-refractivity contribution in [1.82, 2.24) is 15.0 Å². The largest absolute Gasteiger partial charge is 0.456 e. The van der Waals surface area contributed by atoms with Crippen molar-refractivity contribution < 1.29 is 4.42 Å². The van der Waals surface area contributed by atoms with Crippen LogP contribution in [-0.4, -0.2) is 15.0 Å². The van der Waals surface area contributed by atoms with Crippen LogP contribution < -0.4 is 0 Å². The number of benzene rings is 7. The van der Waals surface area contributed by atoms with Gasteiger partial charge in [-0.15, -0.1) is 0 Å². The van der Waals surface area contributed by atoms with Crippen molar-refractivity contribution in [2.75, 3.05) is 0 Å². The zero-order valence-corrected chi connectivity index (χ0v) is 24.1. The van der Waals surface area contributed by atoms with Crippen LogP contribution in [0.3, 0.4) is 0 Å². The van der Waals surface area contributed by atoms with Crippen LogP contribution >= 0.6 is 11.6 Å². The smallest absolute Gasteiger partial charge is 0.164 e. The van der Waals surface area contributed by atoms with Crippen molar-refractivity contribution in [3.8, 4) is 34.2 Å². The van der Waals surface area contributed by atoms with Gasteiger partial charge < -0.3 is 4.42 Å². The van der Waals surface area contributed by atoms with E-state index < -0.39 is 0 Å². The molecule has 7 aromatic carbocycles. The van der Waals surface area contributed by atoms with Gasteiger partial charge in [0, 0.05) is 38.6 Å². The van der Waals surface area contributed by atoms with E-state index in [-0.39, 0.29) is 0 Å². The average molecular weight is 584 g/mol. The lowest BCUT2D eigenvalue weighted by Crippen LogP contribution is -2.00. The first-order valence-corrected chi connectivity index (χ1v) is 14.9. The molecule has 2 aromatic heterocycles. The molecule has 0 aliphatic rings. The molecule has 0 bridgehead atoms. The average Bonchev–Trinajstić information content (AvgIpc) is 3.46. The predicted molar refractivity (Wildman–Crippen MR) is 181 cm³/mol. The van der Waals surface area contributed by atoms with E-state index >= 15 is 0 Å². The molecule has 0 aliphatic heterocycles. The quantitative estimate of drug-likeness (QED) is 0.194. The normalized spacial score (nSPS) is 11.8. The Morgan fingerprint density at radius 2 is 1.00 bits per heavy atom. The summed E-state index contributed by atoms with van der Waals surface area (Å²) in [5.41, 5.74) is 4.21. The SMILES string of the molecule is Clc1ccc2c(c1)oc1cccc(-c3nc(-c4ccccc4)nc(-c4ccc5c6ccccc6c6ccccc6c5c4)n3)c12. The molecule has 2 heterocycles. The van der Waals surface area contributed by atoms with Crippen LogP contribution in [-0.2, 0) is 0 Å². The molecule has 0 radical (unpaired) electrons. The van der Waals surface area contributed by atoms with Crippen LogP contribution in [0.15, 0.2) is 138 Å². The highest BCUT2D eigenvalue weighted by atomic mass is 35.5. The molecule has 0 fully saturated rings. The van der Waals surface area contributed by atoms with Gasteiger partial charge in [-0.2, -0.15) is 0 Å². The van der Waals surface area contributed by atoms with Crippen LogP contribution in [0.1, 0.15) is 0 Å². The van der Waals surface area contributed by atoms with E-state index in [9.17, 15) is 0 Å². The second-order valence-electron chi connectivity index (χ2n) is 10.9. The number of rotatable bonds is 3. The Hall–Kier alpha value is -5.58. The summed E-state index contributed by atoms with van der Waals surface area (Å²) in [4.78, 5) is 15.2. The molecule has 0 saturated heterocycles. The Labute approximate surface area is 257 Å². The van der Waals surface area contributed by atoms with Crippen molar-refractivity contribution in [3.05, 3.63) is 138 Å². The third-order valence-corrected chi connectivity index (χ3v) is 8.60. The van der Waals surface area contributed by atoms with Crippen LogP contribution in [0.4, 0.5) is 0 Å². The molecule has 4 nitrogen and oxygen atoms in total. The number of nitrogens with zero attached hydrogens (tertiary/aromatic N) is 3. The fourth-order valence-electron chi connectivity index (χ4n) is 6.37. The number of fused-ring (bicyclic) bond motifs is 9. The number of halogens is 1.